The Labute approximate surface area is 117 Å². The van der Waals surface area contributed by atoms with E-state index in [9.17, 15) is 9.18 Å². The summed E-state index contributed by atoms with van der Waals surface area (Å²) in [5, 5.41) is 3.27. The molecule has 0 radical (unpaired) electrons. The molecule has 104 valence electrons. The summed E-state index contributed by atoms with van der Waals surface area (Å²) in [7, 11) is 0. The molecule has 5 heteroatoms. The normalized spacial score (nSPS) is 16.2. The van der Waals surface area contributed by atoms with Crippen molar-refractivity contribution in [1.82, 2.24) is 10.2 Å². The van der Waals surface area contributed by atoms with E-state index in [-0.39, 0.29) is 11.7 Å². The smallest absolute Gasteiger partial charge is 0.253 e. The van der Waals surface area contributed by atoms with Gasteiger partial charge in [0.1, 0.15) is 5.82 Å². The first-order valence-corrected chi connectivity index (χ1v) is 7.89. The molecule has 1 aromatic rings. The predicted octanol–water partition coefficient (Wildman–Crippen LogP) is 2.12. The zero-order chi connectivity index (χ0) is 13.7. The molecule has 0 spiro atoms. The van der Waals surface area contributed by atoms with E-state index in [1.54, 1.807) is 23.9 Å². The Morgan fingerprint density at radius 3 is 3.05 bits per heavy atom. The van der Waals surface area contributed by atoms with E-state index in [1.807, 2.05) is 11.2 Å². The molecule has 1 aromatic carbocycles. The number of hydrogen-bond acceptors (Lipinski definition) is 3. The summed E-state index contributed by atoms with van der Waals surface area (Å²) in [6.07, 6.45) is 2.89. The molecule has 0 saturated carbocycles. The number of rotatable bonds is 3. The van der Waals surface area contributed by atoms with Crippen molar-refractivity contribution in [2.75, 3.05) is 32.4 Å². The molecule has 1 amide bonds. The molecular formula is C14H19FN2OS. The van der Waals surface area contributed by atoms with Gasteiger partial charge in [0.05, 0.1) is 0 Å². The topological polar surface area (TPSA) is 32.3 Å². The second kappa shape index (κ2) is 6.91. The first-order chi connectivity index (χ1) is 9.22. The van der Waals surface area contributed by atoms with Gasteiger partial charge in [-0.2, -0.15) is 11.8 Å². The molecule has 0 unspecified atom stereocenters. The van der Waals surface area contributed by atoms with E-state index in [4.69, 9.17) is 0 Å². The number of hydrogen-bond donors (Lipinski definition) is 1. The number of nitrogens with one attached hydrogen (secondary N) is 1. The minimum absolute atomic E-state index is 0.00560. The standard InChI is InChI=1S/C14H19FN2OS/c1-19-10-12-9-11(3-4-13(12)15)14(18)17-7-2-5-16-6-8-17/h3-4,9,16H,2,5-8,10H2,1H3. The first-order valence-electron chi connectivity index (χ1n) is 6.49. The highest BCUT2D eigenvalue weighted by Crippen LogP contribution is 2.17. The summed E-state index contributed by atoms with van der Waals surface area (Å²) in [4.78, 5) is 14.2. The van der Waals surface area contributed by atoms with E-state index < -0.39 is 0 Å². The van der Waals surface area contributed by atoms with E-state index in [1.165, 1.54) is 6.07 Å². The van der Waals surface area contributed by atoms with Gasteiger partial charge >= 0.3 is 0 Å². The summed E-state index contributed by atoms with van der Waals surface area (Å²) in [5.74, 6) is 0.364. The van der Waals surface area contributed by atoms with Gasteiger partial charge in [0.25, 0.3) is 5.91 Å². The lowest BCUT2D eigenvalue weighted by Gasteiger charge is -2.20. The number of amides is 1. The minimum atomic E-state index is -0.233. The average molecular weight is 282 g/mol. The highest BCUT2D eigenvalue weighted by molar-refractivity contribution is 7.97. The number of nitrogens with zero attached hydrogens (tertiary/aromatic N) is 1. The maximum atomic E-state index is 13.6. The maximum absolute atomic E-state index is 13.6. The van der Waals surface area contributed by atoms with Crippen LogP contribution in [0.1, 0.15) is 22.3 Å². The third-order valence-electron chi connectivity index (χ3n) is 3.22. The van der Waals surface area contributed by atoms with Gasteiger partial charge in [-0.1, -0.05) is 0 Å². The summed E-state index contributed by atoms with van der Waals surface area (Å²) >= 11 is 1.55. The second-order valence-corrected chi connectivity index (χ2v) is 5.50. The fourth-order valence-electron chi connectivity index (χ4n) is 2.21. The van der Waals surface area contributed by atoms with E-state index in [0.717, 1.165) is 26.1 Å². The van der Waals surface area contributed by atoms with Crippen LogP contribution in [-0.2, 0) is 5.75 Å². The van der Waals surface area contributed by atoms with Crippen LogP contribution in [0.15, 0.2) is 18.2 Å². The molecule has 0 aliphatic carbocycles. The third kappa shape index (κ3) is 3.70. The number of carbonyl (C=O) groups excluding carboxylic acids is 1. The van der Waals surface area contributed by atoms with Gasteiger partial charge < -0.3 is 10.2 Å². The van der Waals surface area contributed by atoms with Crippen LogP contribution in [-0.4, -0.2) is 43.2 Å². The number of carbonyl (C=O) groups is 1. The number of halogens is 1. The lowest BCUT2D eigenvalue weighted by Crippen LogP contribution is -2.34. The highest BCUT2D eigenvalue weighted by Gasteiger charge is 2.18. The van der Waals surface area contributed by atoms with E-state index in [2.05, 4.69) is 5.32 Å². The average Bonchev–Trinajstić information content (AvgIpc) is 2.69. The molecule has 1 aliphatic heterocycles. The molecule has 0 atom stereocenters. The Balaban J connectivity index is 2.15. The predicted molar refractivity (Wildman–Crippen MR) is 77.0 cm³/mol. The fraction of sp³-hybridized carbons (Fsp3) is 0.500. The fourth-order valence-corrected chi connectivity index (χ4v) is 2.74. The Bertz CT molecular complexity index is 445. The van der Waals surface area contributed by atoms with Crippen LogP contribution in [0.25, 0.3) is 0 Å². The summed E-state index contributed by atoms with van der Waals surface area (Å²) in [5.41, 5.74) is 1.19. The van der Waals surface area contributed by atoms with Gasteiger partial charge in [-0.05, 0) is 43.0 Å². The lowest BCUT2D eigenvalue weighted by molar-refractivity contribution is 0.0766. The van der Waals surface area contributed by atoms with Crippen LogP contribution in [0.4, 0.5) is 4.39 Å². The second-order valence-electron chi connectivity index (χ2n) is 4.63. The Hall–Kier alpha value is -1.07. The quantitative estimate of drug-likeness (QED) is 0.922. The van der Waals surface area contributed by atoms with Gasteiger partial charge in [0, 0.05) is 31.0 Å². The van der Waals surface area contributed by atoms with Gasteiger partial charge in [-0.25, -0.2) is 4.39 Å². The van der Waals surface area contributed by atoms with Crippen LogP contribution in [0.3, 0.4) is 0 Å². The van der Waals surface area contributed by atoms with Crippen molar-refractivity contribution in [2.24, 2.45) is 0 Å². The van der Waals surface area contributed by atoms with Crippen molar-refractivity contribution in [3.8, 4) is 0 Å². The van der Waals surface area contributed by atoms with E-state index in [0.29, 0.717) is 23.4 Å². The molecular weight excluding hydrogens is 263 g/mol. The Kier molecular flexibility index (Phi) is 5.22. The monoisotopic (exact) mass is 282 g/mol. The summed E-state index contributed by atoms with van der Waals surface area (Å²) in [6, 6.07) is 4.67. The minimum Gasteiger partial charge on any atom is -0.337 e. The van der Waals surface area contributed by atoms with Crippen molar-refractivity contribution in [3.63, 3.8) is 0 Å². The van der Waals surface area contributed by atoms with Crippen molar-refractivity contribution in [2.45, 2.75) is 12.2 Å². The number of benzene rings is 1. The van der Waals surface area contributed by atoms with Gasteiger partial charge in [0.2, 0.25) is 0 Å². The summed E-state index contributed by atoms with van der Waals surface area (Å²) < 4.78 is 13.6. The van der Waals surface area contributed by atoms with Gasteiger partial charge in [-0.3, -0.25) is 4.79 Å². The highest BCUT2D eigenvalue weighted by atomic mass is 32.2. The zero-order valence-electron chi connectivity index (χ0n) is 11.1. The van der Waals surface area contributed by atoms with Crippen molar-refractivity contribution < 1.29 is 9.18 Å². The lowest BCUT2D eigenvalue weighted by atomic mass is 10.1. The molecule has 1 heterocycles. The first kappa shape index (κ1) is 14.3. The molecule has 3 nitrogen and oxygen atoms in total. The Morgan fingerprint density at radius 2 is 2.26 bits per heavy atom. The van der Waals surface area contributed by atoms with Crippen LogP contribution >= 0.6 is 11.8 Å². The number of thioether (sulfide) groups is 1. The SMILES string of the molecule is CSCc1cc(C(=O)N2CCCNCC2)ccc1F. The maximum Gasteiger partial charge on any atom is 0.253 e. The molecule has 19 heavy (non-hydrogen) atoms. The molecule has 1 saturated heterocycles. The summed E-state index contributed by atoms with van der Waals surface area (Å²) in [6.45, 7) is 3.25. The van der Waals surface area contributed by atoms with Crippen molar-refractivity contribution in [1.29, 1.82) is 0 Å². The molecule has 1 aliphatic rings. The Morgan fingerprint density at radius 1 is 1.42 bits per heavy atom. The van der Waals surface area contributed by atoms with Crippen LogP contribution in [0, 0.1) is 5.82 Å². The largest absolute Gasteiger partial charge is 0.337 e. The van der Waals surface area contributed by atoms with Crippen molar-refractivity contribution in [3.05, 3.63) is 35.1 Å². The van der Waals surface area contributed by atoms with Gasteiger partial charge in [0.15, 0.2) is 0 Å². The van der Waals surface area contributed by atoms with Crippen LogP contribution in [0.5, 0.6) is 0 Å². The van der Waals surface area contributed by atoms with E-state index >= 15 is 0 Å². The third-order valence-corrected chi connectivity index (χ3v) is 3.82. The van der Waals surface area contributed by atoms with Crippen molar-refractivity contribution >= 4 is 17.7 Å². The molecule has 1 fully saturated rings. The van der Waals surface area contributed by atoms with Crippen LogP contribution in [0.2, 0.25) is 0 Å². The molecule has 1 N–H and O–H groups in total. The molecule has 2 rings (SSSR count). The van der Waals surface area contributed by atoms with Crippen LogP contribution < -0.4 is 5.32 Å². The molecule has 0 bridgehead atoms. The molecule has 0 aromatic heterocycles. The zero-order valence-corrected chi connectivity index (χ0v) is 11.9. The van der Waals surface area contributed by atoms with Gasteiger partial charge in [-0.15, -0.1) is 0 Å².